The average Bonchev–Trinajstić information content (AvgIpc) is 3.11. The third-order valence-corrected chi connectivity index (χ3v) is 5.25. The van der Waals surface area contributed by atoms with E-state index in [2.05, 4.69) is 5.32 Å². The standard InChI is InChI=1S/C19H25N3O4/c23-17(13-22-10-4-7-16(22)19(25)26)21-11-8-14(9-12-21)18(24)20-15-5-2-1-3-6-15/h1-3,5-6,14,16H,4,7-13H2,(H,20,24)(H,25,26)/t16-/m0/s1. The lowest BCUT2D eigenvalue weighted by molar-refractivity contribution is -0.144. The molecule has 140 valence electrons. The topological polar surface area (TPSA) is 90.0 Å². The summed E-state index contributed by atoms with van der Waals surface area (Å²) in [5.74, 6) is -1.00. The summed E-state index contributed by atoms with van der Waals surface area (Å²) in [6.45, 7) is 1.88. The van der Waals surface area contributed by atoms with Crippen molar-refractivity contribution in [3.8, 4) is 0 Å². The molecule has 0 saturated carbocycles. The second-order valence-electron chi connectivity index (χ2n) is 6.98. The molecule has 0 radical (unpaired) electrons. The van der Waals surface area contributed by atoms with E-state index in [1.807, 2.05) is 30.3 Å². The van der Waals surface area contributed by atoms with E-state index >= 15 is 0 Å². The molecular weight excluding hydrogens is 334 g/mol. The Hall–Kier alpha value is -2.41. The minimum Gasteiger partial charge on any atom is -0.480 e. The molecule has 26 heavy (non-hydrogen) atoms. The van der Waals surface area contributed by atoms with Gasteiger partial charge in [-0.2, -0.15) is 0 Å². The highest BCUT2D eigenvalue weighted by Crippen LogP contribution is 2.21. The van der Waals surface area contributed by atoms with E-state index in [1.165, 1.54) is 0 Å². The molecule has 2 heterocycles. The fourth-order valence-electron chi connectivity index (χ4n) is 3.73. The number of anilines is 1. The summed E-state index contributed by atoms with van der Waals surface area (Å²) in [4.78, 5) is 39.6. The first-order valence-corrected chi connectivity index (χ1v) is 9.15. The van der Waals surface area contributed by atoms with Gasteiger partial charge in [-0.3, -0.25) is 19.3 Å². The maximum Gasteiger partial charge on any atom is 0.320 e. The Morgan fingerprint density at radius 1 is 1.04 bits per heavy atom. The predicted octanol–water partition coefficient (Wildman–Crippen LogP) is 1.41. The second-order valence-corrected chi connectivity index (χ2v) is 6.98. The maximum absolute atomic E-state index is 12.5. The molecular formula is C19H25N3O4. The van der Waals surface area contributed by atoms with E-state index < -0.39 is 12.0 Å². The molecule has 2 aliphatic heterocycles. The quantitative estimate of drug-likeness (QED) is 0.830. The zero-order valence-corrected chi connectivity index (χ0v) is 14.8. The molecule has 0 spiro atoms. The molecule has 7 heteroatoms. The Bertz CT molecular complexity index is 656. The maximum atomic E-state index is 12.5. The summed E-state index contributed by atoms with van der Waals surface area (Å²) in [6, 6.07) is 8.80. The van der Waals surface area contributed by atoms with Gasteiger partial charge in [-0.05, 0) is 44.4 Å². The third-order valence-electron chi connectivity index (χ3n) is 5.25. The van der Waals surface area contributed by atoms with Gasteiger partial charge in [-0.1, -0.05) is 18.2 Å². The van der Waals surface area contributed by atoms with Crippen molar-refractivity contribution in [2.24, 2.45) is 5.92 Å². The van der Waals surface area contributed by atoms with Gasteiger partial charge in [0.15, 0.2) is 0 Å². The Labute approximate surface area is 153 Å². The van der Waals surface area contributed by atoms with Crippen molar-refractivity contribution in [1.82, 2.24) is 9.80 Å². The molecule has 2 aliphatic rings. The highest BCUT2D eigenvalue weighted by molar-refractivity contribution is 5.92. The van der Waals surface area contributed by atoms with Crippen molar-refractivity contribution in [1.29, 1.82) is 0 Å². The van der Waals surface area contributed by atoms with Crippen LogP contribution in [0.4, 0.5) is 5.69 Å². The van der Waals surface area contributed by atoms with Crippen LogP contribution in [0.15, 0.2) is 30.3 Å². The molecule has 1 aromatic rings. The highest BCUT2D eigenvalue weighted by Gasteiger charge is 2.34. The van der Waals surface area contributed by atoms with E-state index in [-0.39, 0.29) is 24.3 Å². The fourth-order valence-corrected chi connectivity index (χ4v) is 3.73. The number of nitrogens with zero attached hydrogens (tertiary/aromatic N) is 2. The number of para-hydroxylation sites is 1. The number of piperidine rings is 1. The Balaban J connectivity index is 1.46. The number of carboxylic acids is 1. The molecule has 0 aliphatic carbocycles. The SMILES string of the molecule is O=C(Nc1ccccc1)C1CCN(C(=O)CN2CCC[C@H]2C(=O)O)CC1. The van der Waals surface area contributed by atoms with Crippen LogP contribution in [0.3, 0.4) is 0 Å². The third kappa shape index (κ3) is 4.40. The van der Waals surface area contributed by atoms with E-state index in [4.69, 9.17) is 0 Å². The first-order chi connectivity index (χ1) is 12.5. The summed E-state index contributed by atoms with van der Waals surface area (Å²) >= 11 is 0. The second kappa shape index (κ2) is 8.31. The number of benzene rings is 1. The van der Waals surface area contributed by atoms with Crippen molar-refractivity contribution < 1.29 is 19.5 Å². The van der Waals surface area contributed by atoms with Gasteiger partial charge < -0.3 is 15.3 Å². The summed E-state index contributed by atoms with van der Waals surface area (Å²) in [5.41, 5.74) is 0.782. The molecule has 3 rings (SSSR count). The zero-order chi connectivity index (χ0) is 18.5. The van der Waals surface area contributed by atoms with Crippen LogP contribution in [0.25, 0.3) is 0 Å². The van der Waals surface area contributed by atoms with Crippen LogP contribution in [0, 0.1) is 5.92 Å². The zero-order valence-electron chi connectivity index (χ0n) is 14.8. The summed E-state index contributed by atoms with van der Waals surface area (Å²) in [5, 5.41) is 12.1. The number of aliphatic carboxylic acids is 1. The van der Waals surface area contributed by atoms with E-state index in [0.717, 1.165) is 12.1 Å². The molecule has 2 N–H and O–H groups in total. The lowest BCUT2D eigenvalue weighted by atomic mass is 9.95. The van der Waals surface area contributed by atoms with Crippen LogP contribution in [0.1, 0.15) is 25.7 Å². The molecule has 2 fully saturated rings. The molecule has 2 amide bonds. The number of likely N-dealkylation sites (tertiary alicyclic amines) is 2. The molecule has 2 saturated heterocycles. The predicted molar refractivity (Wildman–Crippen MR) is 96.6 cm³/mol. The summed E-state index contributed by atoms with van der Waals surface area (Å²) in [6.07, 6.45) is 2.68. The Kier molecular flexibility index (Phi) is 5.88. The lowest BCUT2D eigenvalue weighted by Crippen LogP contribution is -2.47. The van der Waals surface area contributed by atoms with Crippen molar-refractivity contribution in [2.75, 3.05) is 31.5 Å². The summed E-state index contributed by atoms with van der Waals surface area (Å²) in [7, 11) is 0. The molecule has 1 atom stereocenters. The van der Waals surface area contributed by atoms with Crippen molar-refractivity contribution in [3.63, 3.8) is 0 Å². The van der Waals surface area contributed by atoms with Gasteiger partial charge in [0.05, 0.1) is 6.54 Å². The van der Waals surface area contributed by atoms with Crippen molar-refractivity contribution in [3.05, 3.63) is 30.3 Å². The minimum absolute atomic E-state index is 0.00576. The van der Waals surface area contributed by atoms with Gasteiger partial charge >= 0.3 is 5.97 Å². The van der Waals surface area contributed by atoms with Gasteiger partial charge in [-0.25, -0.2) is 0 Å². The van der Waals surface area contributed by atoms with E-state index in [0.29, 0.717) is 38.9 Å². The van der Waals surface area contributed by atoms with Gasteiger partial charge in [0, 0.05) is 24.7 Å². The van der Waals surface area contributed by atoms with Crippen LogP contribution >= 0.6 is 0 Å². The Morgan fingerprint density at radius 3 is 2.38 bits per heavy atom. The number of carbonyl (C=O) groups is 3. The van der Waals surface area contributed by atoms with Crippen LogP contribution in [-0.2, 0) is 14.4 Å². The Morgan fingerprint density at radius 2 is 1.73 bits per heavy atom. The monoisotopic (exact) mass is 359 g/mol. The lowest BCUT2D eigenvalue weighted by Gasteiger charge is -2.33. The van der Waals surface area contributed by atoms with E-state index in [9.17, 15) is 19.5 Å². The van der Waals surface area contributed by atoms with Crippen molar-refractivity contribution in [2.45, 2.75) is 31.7 Å². The molecule has 0 bridgehead atoms. The van der Waals surface area contributed by atoms with E-state index in [1.54, 1.807) is 9.80 Å². The van der Waals surface area contributed by atoms with Crippen LogP contribution in [0.2, 0.25) is 0 Å². The van der Waals surface area contributed by atoms with Crippen LogP contribution < -0.4 is 5.32 Å². The molecule has 0 aromatic heterocycles. The first kappa shape index (κ1) is 18.4. The highest BCUT2D eigenvalue weighted by atomic mass is 16.4. The average molecular weight is 359 g/mol. The first-order valence-electron chi connectivity index (χ1n) is 9.15. The molecule has 1 aromatic carbocycles. The number of nitrogens with one attached hydrogen (secondary N) is 1. The van der Waals surface area contributed by atoms with Gasteiger partial charge in [0.2, 0.25) is 11.8 Å². The van der Waals surface area contributed by atoms with Gasteiger partial charge in [0.1, 0.15) is 6.04 Å². The molecule has 0 unspecified atom stereocenters. The number of amides is 2. The number of hydrogen-bond donors (Lipinski definition) is 2. The largest absolute Gasteiger partial charge is 0.480 e. The number of carboxylic acid groups (broad SMARTS) is 1. The van der Waals surface area contributed by atoms with Crippen molar-refractivity contribution >= 4 is 23.5 Å². The summed E-state index contributed by atoms with van der Waals surface area (Å²) < 4.78 is 0. The number of hydrogen-bond acceptors (Lipinski definition) is 4. The van der Waals surface area contributed by atoms with Gasteiger partial charge in [0.25, 0.3) is 0 Å². The smallest absolute Gasteiger partial charge is 0.320 e. The number of rotatable bonds is 5. The number of carbonyl (C=O) groups excluding carboxylic acids is 2. The molecule has 7 nitrogen and oxygen atoms in total. The van der Waals surface area contributed by atoms with Crippen LogP contribution in [0.5, 0.6) is 0 Å². The van der Waals surface area contributed by atoms with Crippen LogP contribution in [-0.4, -0.2) is 64.9 Å². The fraction of sp³-hybridized carbons (Fsp3) is 0.526. The van der Waals surface area contributed by atoms with Gasteiger partial charge in [-0.15, -0.1) is 0 Å². The normalized spacial score (nSPS) is 21.5. The minimum atomic E-state index is -0.855.